The van der Waals surface area contributed by atoms with Crippen molar-refractivity contribution in [2.24, 2.45) is 0 Å². The van der Waals surface area contributed by atoms with E-state index in [2.05, 4.69) is 31.3 Å². The van der Waals surface area contributed by atoms with E-state index < -0.39 is 49.5 Å². The molecular weight excluding hydrogens is 562 g/mol. The van der Waals surface area contributed by atoms with Gasteiger partial charge in [0, 0.05) is 6.42 Å². The second-order valence-electron chi connectivity index (χ2n) is 12.3. The van der Waals surface area contributed by atoms with E-state index in [9.17, 15) is 30.3 Å². The number of carbonyl (C=O) groups excluding carboxylic acids is 1. The van der Waals surface area contributed by atoms with Crippen molar-refractivity contribution in [3.05, 3.63) is 24.3 Å². The first-order valence-electron chi connectivity index (χ1n) is 17.6. The fourth-order valence-electron chi connectivity index (χ4n) is 5.33. The van der Waals surface area contributed by atoms with Crippen LogP contribution in [0, 0.1) is 0 Å². The van der Waals surface area contributed by atoms with Crippen molar-refractivity contribution < 1.29 is 39.8 Å². The van der Waals surface area contributed by atoms with E-state index in [1.165, 1.54) is 51.4 Å². The largest absolute Gasteiger partial charge is 0.394 e. The highest BCUT2D eigenvalue weighted by atomic mass is 16.7. The number of nitrogens with one attached hydrogen (secondary N) is 1. The minimum Gasteiger partial charge on any atom is -0.394 e. The van der Waals surface area contributed by atoms with Gasteiger partial charge in [-0.2, -0.15) is 0 Å². The molecule has 7 unspecified atom stereocenters. The summed E-state index contributed by atoms with van der Waals surface area (Å²) in [5.74, 6) is -0.193. The molecule has 9 nitrogen and oxygen atoms in total. The Labute approximate surface area is 267 Å². The second-order valence-corrected chi connectivity index (χ2v) is 12.3. The number of allylic oxidation sites excluding steroid dienone is 3. The Morgan fingerprint density at radius 1 is 0.750 bits per heavy atom. The number of ether oxygens (including phenoxy) is 2. The summed E-state index contributed by atoms with van der Waals surface area (Å²) in [6, 6.07) is -0.802. The molecule has 1 aliphatic rings. The highest BCUT2D eigenvalue weighted by Crippen LogP contribution is 2.22. The van der Waals surface area contributed by atoms with Crippen LogP contribution in [0.15, 0.2) is 24.3 Å². The first-order chi connectivity index (χ1) is 21.3. The monoisotopic (exact) mass is 627 g/mol. The van der Waals surface area contributed by atoms with Crippen molar-refractivity contribution in [3.63, 3.8) is 0 Å². The Morgan fingerprint density at radius 2 is 1.32 bits per heavy atom. The number of rotatable bonds is 27. The van der Waals surface area contributed by atoms with Crippen LogP contribution >= 0.6 is 0 Å². The lowest BCUT2D eigenvalue weighted by Gasteiger charge is -2.40. The molecule has 9 heteroatoms. The molecule has 44 heavy (non-hydrogen) atoms. The van der Waals surface area contributed by atoms with Crippen LogP contribution in [0.3, 0.4) is 0 Å². The van der Waals surface area contributed by atoms with Gasteiger partial charge in [0.05, 0.1) is 25.4 Å². The zero-order chi connectivity index (χ0) is 32.4. The van der Waals surface area contributed by atoms with Crippen LogP contribution in [0.4, 0.5) is 0 Å². The van der Waals surface area contributed by atoms with E-state index in [4.69, 9.17) is 9.47 Å². The molecule has 1 amide bonds. The van der Waals surface area contributed by atoms with Gasteiger partial charge in [-0.15, -0.1) is 0 Å². The molecule has 0 aromatic heterocycles. The molecule has 1 rings (SSSR count). The second kappa shape index (κ2) is 26.8. The summed E-state index contributed by atoms with van der Waals surface area (Å²) in [6.45, 7) is 3.65. The van der Waals surface area contributed by atoms with Crippen LogP contribution < -0.4 is 5.32 Å². The third kappa shape index (κ3) is 18.6. The molecular formula is C35H65NO8. The summed E-state index contributed by atoms with van der Waals surface area (Å²) in [4.78, 5) is 12.8. The molecule has 1 fully saturated rings. The van der Waals surface area contributed by atoms with Gasteiger partial charge in [-0.1, -0.05) is 115 Å². The topological polar surface area (TPSA) is 149 Å². The minimum atomic E-state index is -1.56. The number of hydrogen-bond donors (Lipinski definition) is 6. The molecule has 0 radical (unpaired) electrons. The molecule has 7 atom stereocenters. The molecule has 0 saturated carbocycles. The van der Waals surface area contributed by atoms with Crippen molar-refractivity contribution in [2.75, 3.05) is 13.2 Å². The van der Waals surface area contributed by atoms with Crippen molar-refractivity contribution in [1.82, 2.24) is 5.32 Å². The Bertz CT molecular complexity index is 746. The summed E-state index contributed by atoms with van der Waals surface area (Å²) in [5.41, 5.74) is 0. The third-order valence-electron chi connectivity index (χ3n) is 8.25. The number of amides is 1. The van der Waals surface area contributed by atoms with E-state index in [0.717, 1.165) is 64.2 Å². The average Bonchev–Trinajstić information content (AvgIpc) is 3.02. The Balaban J connectivity index is 2.53. The van der Waals surface area contributed by atoms with Gasteiger partial charge in [0.2, 0.25) is 5.91 Å². The summed E-state index contributed by atoms with van der Waals surface area (Å²) in [5, 5.41) is 53.7. The molecule has 1 heterocycles. The molecule has 1 aliphatic heterocycles. The van der Waals surface area contributed by atoms with Gasteiger partial charge < -0.3 is 40.3 Å². The molecule has 0 aromatic rings. The SMILES string of the molecule is CCC/C=C\CCCCCCCC(=O)NC(COC1OC(CO)C(O)C(O)C1O)C(O)/C=C/CCCCCCCCCCC. The van der Waals surface area contributed by atoms with E-state index in [1.807, 2.05) is 6.08 Å². The first-order valence-corrected chi connectivity index (χ1v) is 17.6. The smallest absolute Gasteiger partial charge is 0.220 e. The van der Waals surface area contributed by atoms with E-state index in [1.54, 1.807) is 6.08 Å². The highest BCUT2D eigenvalue weighted by Gasteiger charge is 2.44. The van der Waals surface area contributed by atoms with Crippen LogP contribution in [-0.2, 0) is 14.3 Å². The van der Waals surface area contributed by atoms with Crippen LogP contribution in [0.5, 0.6) is 0 Å². The van der Waals surface area contributed by atoms with Crippen molar-refractivity contribution in [2.45, 2.75) is 179 Å². The van der Waals surface area contributed by atoms with Crippen molar-refractivity contribution >= 4 is 5.91 Å². The van der Waals surface area contributed by atoms with E-state index in [-0.39, 0.29) is 12.5 Å². The zero-order valence-electron chi connectivity index (χ0n) is 27.7. The predicted molar refractivity (Wildman–Crippen MR) is 175 cm³/mol. The van der Waals surface area contributed by atoms with Gasteiger partial charge >= 0.3 is 0 Å². The Morgan fingerprint density at radius 3 is 1.93 bits per heavy atom. The van der Waals surface area contributed by atoms with Crippen molar-refractivity contribution in [3.8, 4) is 0 Å². The Kier molecular flexibility index (Phi) is 24.8. The van der Waals surface area contributed by atoms with Crippen molar-refractivity contribution in [1.29, 1.82) is 0 Å². The van der Waals surface area contributed by atoms with Gasteiger partial charge in [0.25, 0.3) is 0 Å². The quantitative estimate of drug-likeness (QED) is 0.0537. The summed E-state index contributed by atoms with van der Waals surface area (Å²) >= 11 is 0. The number of aliphatic hydroxyl groups excluding tert-OH is 5. The molecule has 0 bridgehead atoms. The fourth-order valence-corrected chi connectivity index (χ4v) is 5.33. The van der Waals surface area contributed by atoms with Gasteiger partial charge in [-0.25, -0.2) is 0 Å². The lowest BCUT2D eigenvalue weighted by atomic mass is 9.99. The molecule has 0 aromatic carbocycles. The van der Waals surface area contributed by atoms with Gasteiger partial charge in [-0.05, 0) is 38.5 Å². The zero-order valence-corrected chi connectivity index (χ0v) is 27.7. The number of carbonyl (C=O) groups is 1. The van der Waals surface area contributed by atoms with Crippen LogP contribution in [0.1, 0.15) is 136 Å². The van der Waals surface area contributed by atoms with Crippen LogP contribution in [0.25, 0.3) is 0 Å². The molecule has 0 spiro atoms. The van der Waals surface area contributed by atoms with Crippen LogP contribution in [0.2, 0.25) is 0 Å². The maximum atomic E-state index is 12.8. The summed E-state index contributed by atoms with van der Waals surface area (Å²) in [7, 11) is 0. The molecule has 1 saturated heterocycles. The van der Waals surface area contributed by atoms with Gasteiger partial charge in [-0.3, -0.25) is 4.79 Å². The Hall–Kier alpha value is -1.33. The summed E-state index contributed by atoms with van der Waals surface area (Å²) < 4.78 is 11.1. The number of unbranched alkanes of at least 4 members (excludes halogenated alkanes) is 15. The predicted octanol–water partition coefficient (Wildman–Crippen LogP) is 5.21. The normalized spacial score (nSPS) is 23.8. The lowest BCUT2D eigenvalue weighted by Crippen LogP contribution is -2.60. The fraction of sp³-hybridized carbons (Fsp3) is 0.857. The third-order valence-corrected chi connectivity index (χ3v) is 8.25. The number of hydrogen-bond acceptors (Lipinski definition) is 8. The highest BCUT2D eigenvalue weighted by molar-refractivity contribution is 5.76. The van der Waals surface area contributed by atoms with Gasteiger partial charge in [0.1, 0.15) is 24.4 Å². The van der Waals surface area contributed by atoms with Gasteiger partial charge in [0.15, 0.2) is 6.29 Å². The molecule has 258 valence electrons. The number of aliphatic hydroxyl groups is 5. The van der Waals surface area contributed by atoms with E-state index in [0.29, 0.717) is 6.42 Å². The summed E-state index contributed by atoms with van der Waals surface area (Å²) in [6.07, 6.45) is 20.8. The maximum absolute atomic E-state index is 12.8. The van der Waals surface area contributed by atoms with E-state index >= 15 is 0 Å². The minimum absolute atomic E-state index is 0.191. The maximum Gasteiger partial charge on any atom is 0.220 e. The molecule has 0 aliphatic carbocycles. The lowest BCUT2D eigenvalue weighted by molar-refractivity contribution is -0.302. The van der Waals surface area contributed by atoms with Crippen LogP contribution in [-0.4, -0.2) is 87.5 Å². The first kappa shape index (κ1) is 40.7. The molecule has 6 N–H and O–H groups in total. The average molecular weight is 628 g/mol. The standard InChI is InChI=1S/C35H65NO8/c1-3-5-7-9-11-13-15-16-18-20-22-24-29(38)28(27-43-35-34(42)33(41)32(40)30(26-37)44-35)36-31(39)25-23-21-19-17-14-12-10-8-6-4-2/h8,10,22,24,28-30,32-35,37-38,40-42H,3-7,9,11-21,23,25-27H2,1-2H3,(H,36,39)/b10-8-,24-22+.